The van der Waals surface area contributed by atoms with E-state index in [9.17, 15) is 9.59 Å². The van der Waals surface area contributed by atoms with Gasteiger partial charge in [0.15, 0.2) is 6.10 Å². The van der Waals surface area contributed by atoms with Crippen molar-refractivity contribution in [2.24, 2.45) is 0 Å². The van der Waals surface area contributed by atoms with Crippen LogP contribution in [0, 0.1) is 20.8 Å². The average molecular weight is 489 g/mol. The number of Topliss-reactive ketones (excluding diaryl/α,β-unsaturated/α-hetero) is 1. The smallest absolute Gasteiger partial charge is 0.339 e. The number of aryl methyl sites for hydroxylation is 3. The van der Waals surface area contributed by atoms with Crippen LogP contribution in [0.2, 0.25) is 0 Å². The molecule has 0 saturated carbocycles. The Morgan fingerprint density at radius 3 is 2.16 bits per heavy atom. The predicted molar refractivity (Wildman–Crippen MR) is 146 cm³/mol. The van der Waals surface area contributed by atoms with Crippen LogP contribution >= 0.6 is 0 Å². The summed E-state index contributed by atoms with van der Waals surface area (Å²) >= 11 is 0. The number of pyridine rings is 1. The molecule has 0 saturated heterocycles. The molecule has 0 fully saturated rings. The molecule has 0 radical (unpaired) electrons. The number of fused-ring (bicyclic) bond motifs is 1. The van der Waals surface area contributed by atoms with Gasteiger partial charge < -0.3 is 9.30 Å². The Kier molecular flexibility index (Phi) is 6.45. The van der Waals surface area contributed by atoms with E-state index in [1.165, 1.54) is 0 Å². The third-order valence-corrected chi connectivity index (χ3v) is 6.59. The van der Waals surface area contributed by atoms with E-state index in [2.05, 4.69) is 42.7 Å². The van der Waals surface area contributed by atoms with Crippen molar-refractivity contribution in [1.29, 1.82) is 0 Å². The van der Waals surface area contributed by atoms with Crippen molar-refractivity contribution in [1.82, 2.24) is 9.55 Å². The lowest BCUT2D eigenvalue weighted by Crippen LogP contribution is -2.24. The molecule has 0 N–H and O–H groups in total. The summed E-state index contributed by atoms with van der Waals surface area (Å²) in [5.41, 5.74) is 7.53. The van der Waals surface area contributed by atoms with Gasteiger partial charge in [-0.15, -0.1) is 0 Å². The minimum atomic E-state index is -0.918. The standard InChI is InChI=1S/C32H28N2O3/c1-20-10-17-29-27(18-20)28(32(36)37-23(4)31(35)25-8-6-5-7-9-25)19-30(33-29)24-13-15-26(16-14-24)34-21(2)11-12-22(34)3/h5-19,23H,1-4H3/t23-/m0/s1. The number of ketones is 1. The van der Waals surface area contributed by atoms with Gasteiger partial charge in [0.05, 0.1) is 16.8 Å². The van der Waals surface area contributed by atoms with Crippen molar-refractivity contribution in [3.05, 3.63) is 119 Å². The fraction of sp³-hybridized carbons (Fsp3) is 0.156. The molecule has 0 aliphatic heterocycles. The minimum Gasteiger partial charge on any atom is -0.451 e. The average Bonchev–Trinajstić information content (AvgIpc) is 3.25. The van der Waals surface area contributed by atoms with Gasteiger partial charge in [-0.1, -0.05) is 54.1 Å². The molecule has 184 valence electrons. The van der Waals surface area contributed by atoms with Gasteiger partial charge in [-0.2, -0.15) is 0 Å². The highest BCUT2D eigenvalue weighted by Gasteiger charge is 2.23. The molecule has 5 nitrogen and oxygen atoms in total. The van der Waals surface area contributed by atoms with Gasteiger partial charge in [0.1, 0.15) is 0 Å². The number of carbonyl (C=O) groups excluding carboxylic acids is 2. The quantitative estimate of drug-likeness (QED) is 0.190. The largest absolute Gasteiger partial charge is 0.451 e. The number of hydrogen-bond acceptors (Lipinski definition) is 4. The molecule has 1 atom stereocenters. The lowest BCUT2D eigenvalue weighted by molar-refractivity contribution is 0.0320. The molecule has 0 aliphatic rings. The zero-order valence-electron chi connectivity index (χ0n) is 21.4. The maximum Gasteiger partial charge on any atom is 0.339 e. The minimum absolute atomic E-state index is 0.241. The van der Waals surface area contributed by atoms with Crippen LogP contribution in [0.1, 0.15) is 44.6 Å². The van der Waals surface area contributed by atoms with Gasteiger partial charge in [-0.3, -0.25) is 4.79 Å². The van der Waals surface area contributed by atoms with Gasteiger partial charge in [0, 0.05) is 33.6 Å². The zero-order chi connectivity index (χ0) is 26.1. The number of esters is 1. The second-order valence-electron chi connectivity index (χ2n) is 9.35. The Bertz CT molecular complexity index is 1600. The number of carbonyl (C=O) groups is 2. The number of ether oxygens (including phenoxy) is 1. The lowest BCUT2D eigenvalue weighted by atomic mass is 10.0. The van der Waals surface area contributed by atoms with Gasteiger partial charge in [0.25, 0.3) is 0 Å². The molecule has 3 aromatic carbocycles. The number of rotatable bonds is 6. The molecule has 0 amide bonds. The number of benzene rings is 3. The third kappa shape index (κ3) is 4.81. The molecular weight excluding hydrogens is 460 g/mol. The molecule has 5 heteroatoms. The van der Waals surface area contributed by atoms with Crippen LogP contribution < -0.4 is 0 Å². The van der Waals surface area contributed by atoms with Gasteiger partial charge in [-0.05, 0) is 70.2 Å². The Balaban J connectivity index is 1.50. The SMILES string of the molecule is Cc1ccc2nc(-c3ccc(-n4c(C)ccc4C)cc3)cc(C(=O)O[C@@H](C)C(=O)c3ccccc3)c2c1. The van der Waals surface area contributed by atoms with Gasteiger partial charge >= 0.3 is 5.97 Å². The van der Waals surface area contributed by atoms with Crippen molar-refractivity contribution in [3.63, 3.8) is 0 Å². The highest BCUT2D eigenvalue weighted by atomic mass is 16.5. The van der Waals surface area contributed by atoms with Crippen LogP contribution in [-0.4, -0.2) is 27.4 Å². The molecule has 0 unspecified atom stereocenters. The van der Waals surface area contributed by atoms with E-state index in [1.807, 2.05) is 43.3 Å². The first-order valence-corrected chi connectivity index (χ1v) is 12.3. The summed E-state index contributed by atoms with van der Waals surface area (Å²) in [5.74, 6) is -0.791. The molecular formula is C32H28N2O3. The molecule has 2 heterocycles. The van der Waals surface area contributed by atoms with E-state index in [0.717, 1.165) is 28.2 Å². The van der Waals surface area contributed by atoms with Crippen molar-refractivity contribution in [2.45, 2.75) is 33.8 Å². The van der Waals surface area contributed by atoms with E-state index in [4.69, 9.17) is 9.72 Å². The monoisotopic (exact) mass is 488 g/mol. The number of aromatic nitrogens is 2. The summed E-state index contributed by atoms with van der Waals surface area (Å²) in [5, 5.41) is 0.698. The molecule has 2 aromatic heterocycles. The lowest BCUT2D eigenvalue weighted by Gasteiger charge is -2.15. The van der Waals surface area contributed by atoms with Crippen molar-refractivity contribution in [2.75, 3.05) is 0 Å². The van der Waals surface area contributed by atoms with Crippen molar-refractivity contribution >= 4 is 22.7 Å². The van der Waals surface area contributed by atoms with E-state index in [0.29, 0.717) is 27.7 Å². The highest BCUT2D eigenvalue weighted by Crippen LogP contribution is 2.28. The molecule has 5 rings (SSSR count). The maximum atomic E-state index is 13.4. The Labute approximate surface area is 216 Å². The van der Waals surface area contributed by atoms with E-state index in [-0.39, 0.29) is 5.78 Å². The van der Waals surface area contributed by atoms with Crippen LogP contribution in [0.15, 0.2) is 91.0 Å². The first kappa shape index (κ1) is 24.2. The first-order chi connectivity index (χ1) is 17.8. The fourth-order valence-electron chi connectivity index (χ4n) is 4.63. The molecule has 5 aromatic rings. The summed E-state index contributed by atoms with van der Waals surface area (Å²) in [6, 6.07) is 28.7. The highest BCUT2D eigenvalue weighted by molar-refractivity contribution is 6.07. The van der Waals surface area contributed by atoms with E-state index >= 15 is 0 Å². The number of hydrogen-bond donors (Lipinski definition) is 0. The third-order valence-electron chi connectivity index (χ3n) is 6.59. The number of nitrogens with zero attached hydrogens (tertiary/aromatic N) is 2. The van der Waals surface area contributed by atoms with Crippen LogP contribution in [0.4, 0.5) is 0 Å². The van der Waals surface area contributed by atoms with E-state index < -0.39 is 12.1 Å². The summed E-state index contributed by atoms with van der Waals surface area (Å²) in [6.45, 7) is 7.73. The Hall–Kier alpha value is -4.51. The summed E-state index contributed by atoms with van der Waals surface area (Å²) in [6.07, 6.45) is -0.918. The maximum absolute atomic E-state index is 13.4. The van der Waals surface area contributed by atoms with Crippen molar-refractivity contribution < 1.29 is 14.3 Å². The molecule has 37 heavy (non-hydrogen) atoms. The van der Waals surface area contributed by atoms with Crippen LogP contribution in [0.5, 0.6) is 0 Å². The summed E-state index contributed by atoms with van der Waals surface area (Å²) in [4.78, 5) is 31.0. The zero-order valence-corrected chi connectivity index (χ0v) is 21.4. The Morgan fingerprint density at radius 1 is 0.811 bits per heavy atom. The predicted octanol–water partition coefficient (Wildman–Crippen LogP) is 7.05. The normalized spacial score (nSPS) is 11.9. The topological polar surface area (TPSA) is 61.2 Å². The fourth-order valence-corrected chi connectivity index (χ4v) is 4.63. The summed E-state index contributed by atoms with van der Waals surface area (Å²) < 4.78 is 7.86. The van der Waals surface area contributed by atoms with Gasteiger partial charge in [-0.25, -0.2) is 9.78 Å². The van der Waals surface area contributed by atoms with E-state index in [1.54, 1.807) is 37.3 Å². The van der Waals surface area contributed by atoms with Crippen LogP contribution in [-0.2, 0) is 4.74 Å². The second-order valence-corrected chi connectivity index (χ2v) is 9.35. The van der Waals surface area contributed by atoms with Crippen LogP contribution in [0.25, 0.3) is 27.8 Å². The molecule has 0 spiro atoms. The first-order valence-electron chi connectivity index (χ1n) is 12.3. The molecule has 0 aliphatic carbocycles. The summed E-state index contributed by atoms with van der Waals surface area (Å²) in [7, 11) is 0. The van der Waals surface area contributed by atoms with Crippen molar-refractivity contribution in [3.8, 4) is 16.9 Å². The Morgan fingerprint density at radius 2 is 1.49 bits per heavy atom. The van der Waals surface area contributed by atoms with Gasteiger partial charge in [0.2, 0.25) is 5.78 Å². The van der Waals surface area contributed by atoms with Crippen LogP contribution in [0.3, 0.4) is 0 Å². The molecule has 0 bridgehead atoms. The second kappa shape index (κ2) is 9.86.